The summed E-state index contributed by atoms with van der Waals surface area (Å²) in [4.78, 5) is 17.1. The highest BCUT2D eigenvalue weighted by Gasteiger charge is 2.27. The molecule has 0 bridgehead atoms. The lowest BCUT2D eigenvalue weighted by Crippen LogP contribution is -2.50. The average Bonchev–Trinajstić information content (AvgIpc) is 2.40. The lowest BCUT2D eigenvalue weighted by Gasteiger charge is -2.38. The highest BCUT2D eigenvalue weighted by Crippen LogP contribution is 2.23. The predicted octanol–water partition coefficient (Wildman–Crippen LogP) is -0.0520. The number of carboxylic acids is 1. The standard InChI is InChI=1S/C12H17N3O4/c1-7-6-19-8(5-16)4-15(7)11-2-9(12(17)18)10(13)3-14-11/h2-3,7-8,16H,4-6,13H2,1H3,(H,17,18). The van der Waals surface area contributed by atoms with Crippen molar-refractivity contribution in [3.63, 3.8) is 0 Å². The Bertz CT molecular complexity index is 480. The lowest BCUT2D eigenvalue weighted by molar-refractivity contribution is -0.0105. The minimum absolute atomic E-state index is 0.0317. The van der Waals surface area contributed by atoms with Gasteiger partial charge >= 0.3 is 5.97 Å². The molecule has 0 spiro atoms. The fourth-order valence-corrected chi connectivity index (χ4v) is 2.04. The number of nitrogens with zero attached hydrogens (tertiary/aromatic N) is 2. The molecule has 0 amide bonds. The minimum Gasteiger partial charge on any atom is -0.478 e. The Labute approximate surface area is 110 Å². The van der Waals surface area contributed by atoms with Crippen molar-refractivity contribution in [1.82, 2.24) is 4.98 Å². The van der Waals surface area contributed by atoms with E-state index in [2.05, 4.69) is 4.98 Å². The number of aromatic carboxylic acids is 1. The van der Waals surface area contributed by atoms with Gasteiger partial charge in [-0.15, -0.1) is 0 Å². The molecule has 0 saturated carbocycles. The first-order valence-corrected chi connectivity index (χ1v) is 6.00. The van der Waals surface area contributed by atoms with Gasteiger partial charge < -0.3 is 25.6 Å². The van der Waals surface area contributed by atoms with Gasteiger partial charge in [0, 0.05) is 6.54 Å². The maximum absolute atomic E-state index is 11.1. The topological polar surface area (TPSA) is 109 Å². The second-order valence-electron chi connectivity index (χ2n) is 4.57. The van der Waals surface area contributed by atoms with Gasteiger partial charge in [-0.05, 0) is 13.0 Å². The van der Waals surface area contributed by atoms with Crippen LogP contribution in [0.3, 0.4) is 0 Å². The Balaban J connectivity index is 2.29. The second kappa shape index (κ2) is 5.41. The van der Waals surface area contributed by atoms with Crippen LogP contribution in [-0.4, -0.2) is 53.1 Å². The van der Waals surface area contributed by atoms with Gasteiger partial charge in [-0.25, -0.2) is 9.78 Å². The molecular weight excluding hydrogens is 250 g/mol. The number of carboxylic acid groups (broad SMARTS) is 1. The van der Waals surface area contributed by atoms with Gasteiger partial charge in [0.05, 0.1) is 42.8 Å². The largest absolute Gasteiger partial charge is 0.478 e. The quantitative estimate of drug-likeness (QED) is 0.704. The minimum atomic E-state index is -1.08. The monoisotopic (exact) mass is 267 g/mol. The van der Waals surface area contributed by atoms with Crippen molar-refractivity contribution in [3.8, 4) is 0 Å². The third kappa shape index (κ3) is 2.77. The van der Waals surface area contributed by atoms with E-state index in [-0.39, 0.29) is 30.0 Å². The van der Waals surface area contributed by atoms with Gasteiger partial charge in [-0.3, -0.25) is 0 Å². The lowest BCUT2D eigenvalue weighted by atomic mass is 10.1. The number of aliphatic hydroxyl groups is 1. The van der Waals surface area contributed by atoms with Crippen LogP contribution >= 0.6 is 0 Å². The number of aliphatic hydroxyl groups excluding tert-OH is 1. The molecule has 4 N–H and O–H groups in total. The number of aromatic nitrogens is 1. The van der Waals surface area contributed by atoms with E-state index in [9.17, 15) is 4.79 Å². The molecule has 1 aromatic heterocycles. The number of carbonyl (C=O) groups is 1. The zero-order chi connectivity index (χ0) is 14.0. The van der Waals surface area contributed by atoms with Gasteiger partial charge in [0.2, 0.25) is 0 Å². The Kier molecular flexibility index (Phi) is 3.87. The van der Waals surface area contributed by atoms with Crippen molar-refractivity contribution in [2.45, 2.75) is 19.1 Å². The fourth-order valence-electron chi connectivity index (χ4n) is 2.04. The zero-order valence-corrected chi connectivity index (χ0v) is 10.6. The number of pyridine rings is 1. The van der Waals surface area contributed by atoms with E-state index in [1.807, 2.05) is 11.8 Å². The van der Waals surface area contributed by atoms with E-state index in [0.29, 0.717) is 19.0 Å². The van der Waals surface area contributed by atoms with E-state index < -0.39 is 5.97 Å². The molecule has 1 aliphatic rings. The summed E-state index contributed by atoms with van der Waals surface area (Å²) in [5.41, 5.74) is 5.75. The summed E-state index contributed by atoms with van der Waals surface area (Å²) in [6, 6.07) is 1.51. The average molecular weight is 267 g/mol. The molecule has 2 unspecified atom stereocenters. The van der Waals surface area contributed by atoms with Crippen molar-refractivity contribution < 1.29 is 19.7 Å². The molecule has 7 heteroatoms. The van der Waals surface area contributed by atoms with E-state index in [1.165, 1.54) is 12.3 Å². The number of ether oxygens (including phenoxy) is 1. The third-order valence-corrected chi connectivity index (χ3v) is 3.15. The van der Waals surface area contributed by atoms with Gasteiger partial charge in [0.15, 0.2) is 0 Å². The molecular formula is C12H17N3O4. The first kappa shape index (κ1) is 13.6. The van der Waals surface area contributed by atoms with Crippen LogP contribution in [0.25, 0.3) is 0 Å². The van der Waals surface area contributed by atoms with Crippen molar-refractivity contribution in [2.75, 3.05) is 30.4 Å². The zero-order valence-electron chi connectivity index (χ0n) is 10.6. The Morgan fingerprint density at radius 1 is 1.68 bits per heavy atom. The van der Waals surface area contributed by atoms with Crippen molar-refractivity contribution in [2.24, 2.45) is 0 Å². The fraction of sp³-hybridized carbons (Fsp3) is 0.500. The molecule has 104 valence electrons. The molecule has 2 rings (SSSR count). The summed E-state index contributed by atoms with van der Waals surface area (Å²) in [6.45, 7) is 2.80. The van der Waals surface area contributed by atoms with E-state index >= 15 is 0 Å². The normalized spacial score (nSPS) is 23.4. The van der Waals surface area contributed by atoms with Crippen LogP contribution in [0.4, 0.5) is 11.5 Å². The third-order valence-electron chi connectivity index (χ3n) is 3.15. The van der Waals surface area contributed by atoms with Crippen LogP contribution in [0, 0.1) is 0 Å². The number of nitrogen functional groups attached to an aromatic ring is 1. The van der Waals surface area contributed by atoms with Crippen molar-refractivity contribution in [1.29, 1.82) is 0 Å². The number of hydrogen-bond donors (Lipinski definition) is 3. The first-order valence-electron chi connectivity index (χ1n) is 6.00. The van der Waals surface area contributed by atoms with Gasteiger partial charge in [-0.1, -0.05) is 0 Å². The summed E-state index contributed by atoms with van der Waals surface area (Å²) in [6.07, 6.45) is 1.05. The van der Waals surface area contributed by atoms with Crippen LogP contribution in [0.5, 0.6) is 0 Å². The molecule has 1 aromatic rings. The predicted molar refractivity (Wildman–Crippen MR) is 69.2 cm³/mol. The Morgan fingerprint density at radius 2 is 2.42 bits per heavy atom. The number of anilines is 2. The van der Waals surface area contributed by atoms with Crippen LogP contribution in [0.15, 0.2) is 12.3 Å². The number of nitrogens with two attached hydrogens (primary N) is 1. The molecule has 0 aliphatic carbocycles. The molecule has 2 heterocycles. The summed E-state index contributed by atoms with van der Waals surface area (Å²) in [7, 11) is 0. The van der Waals surface area contributed by atoms with Crippen molar-refractivity contribution in [3.05, 3.63) is 17.8 Å². The van der Waals surface area contributed by atoms with Crippen LogP contribution in [0.1, 0.15) is 17.3 Å². The van der Waals surface area contributed by atoms with Crippen LogP contribution in [-0.2, 0) is 4.74 Å². The molecule has 7 nitrogen and oxygen atoms in total. The van der Waals surface area contributed by atoms with Gasteiger partial charge in [0.1, 0.15) is 5.82 Å². The van der Waals surface area contributed by atoms with Crippen LogP contribution in [0.2, 0.25) is 0 Å². The first-order chi connectivity index (χ1) is 9.02. The molecule has 1 fully saturated rings. The van der Waals surface area contributed by atoms with E-state index in [4.69, 9.17) is 20.7 Å². The Morgan fingerprint density at radius 3 is 3.05 bits per heavy atom. The second-order valence-corrected chi connectivity index (χ2v) is 4.57. The molecule has 19 heavy (non-hydrogen) atoms. The van der Waals surface area contributed by atoms with Gasteiger partial charge in [0.25, 0.3) is 0 Å². The highest BCUT2D eigenvalue weighted by molar-refractivity contribution is 5.94. The van der Waals surface area contributed by atoms with E-state index in [0.717, 1.165) is 0 Å². The number of rotatable bonds is 3. The summed E-state index contributed by atoms with van der Waals surface area (Å²) in [5, 5.41) is 18.2. The van der Waals surface area contributed by atoms with Crippen LogP contribution < -0.4 is 10.6 Å². The van der Waals surface area contributed by atoms with Gasteiger partial charge in [-0.2, -0.15) is 0 Å². The number of morpholine rings is 1. The highest BCUT2D eigenvalue weighted by atomic mass is 16.5. The smallest absolute Gasteiger partial charge is 0.337 e. The molecule has 0 aromatic carbocycles. The summed E-state index contributed by atoms with van der Waals surface area (Å²) >= 11 is 0. The SMILES string of the molecule is CC1COC(CO)CN1c1cc(C(=O)O)c(N)cn1. The van der Waals surface area contributed by atoms with Crippen molar-refractivity contribution >= 4 is 17.5 Å². The molecule has 1 saturated heterocycles. The number of hydrogen-bond acceptors (Lipinski definition) is 6. The molecule has 1 aliphatic heterocycles. The Hall–Kier alpha value is -1.86. The molecule has 2 atom stereocenters. The maximum Gasteiger partial charge on any atom is 0.337 e. The summed E-state index contributed by atoms with van der Waals surface area (Å²) < 4.78 is 5.43. The summed E-state index contributed by atoms with van der Waals surface area (Å²) in [5.74, 6) is -0.554. The van der Waals surface area contributed by atoms with E-state index in [1.54, 1.807) is 0 Å². The molecule has 0 radical (unpaired) electrons. The maximum atomic E-state index is 11.1.